The number of amides is 2. The lowest BCUT2D eigenvalue weighted by molar-refractivity contribution is -0.128. The van der Waals surface area contributed by atoms with Crippen LogP contribution in [0.15, 0.2) is 24.4 Å². The number of hydrogen-bond acceptors (Lipinski definition) is 8. The molecule has 0 atom stereocenters. The number of hydrogen-bond donors (Lipinski definition) is 2. The number of nitrogens with one attached hydrogen (secondary N) is 1. The minimum atomic E-state index is -1.33. The lowest BCUT2D eigenvalue weighted by Gasteiger charge is -2.25. The van der Waals surface area contributed by atoms with E-state index in [4.69, 9.17) is 19.9 Å². The zero-order valence-electron chi connectivity index (χ0n) is 17.5. The van der Waals surface area contributed by atoms with Gasteiger partial charge in [0.2, 0.25) is 5.91 Å². The van der Waals surface area contributed by atoms with Crippen LogP contribution in [0.5, 0.6) is 11.5 Å². The fraction of sp³-hybridized carbons (Fsp3) is 0.400. The highest BCUT2D eigenvalue weighted by Crippen LogP contribution is 2.28. The van der Waals surface area contributed by atoms with Crippen LogP contribution in [-0.4, -0.2) is 41.1 Å². The zero-order chi connectivity index (χ0) is 22.5. The van der Waals surface area contributed by atoms with Crippen molar-refractivity contribution in [3.8, 4) is 11.5 Å². The van der Waals surface area contributed by atoms with E-state index in [1.54, 1.807) is 26.8 Å². The molecule has 30 heavy (non-hydrogen) atoms. The molecule has 0 aliphatic heterocycles. The smallest absolute Gasteiger partial charge is 0.350 e. The number of nitrogens with two attached hydrogens (primary N) is 1. The first-order valence-corrected chi connectivity index (χ1v) is 10.1. The molecule has 1 aromatic carbocycles. The monoisotopic (exact) mass is 435 g/mol. The summed E-state index contributed by atoms with van der Waals surface area (Å²) in [5.74, 6) is -1.01. The Balaban J connectivity index is 2.17. The summed E-state index contributed by atoms with van der Waals surface area (Å²) in [6, 6.07) is 4.52. The van der Waals surface area contributed by atoms with Crippen LogP contribution < -0.4 is 20.5 Å². The topological polar surface area (TPSA) is 130 Å². The Bertz CT molecular complexity index is 938. The summed E-state index contributed by atoms with van der Waals surface area (Å²) in [5, 5.41) is 2.85. The normalized spacial score (nSPS) is 11.1. The number of nitrogens with zero attached hydrogens (tertiary/aromatic N) is 1. The van der Waals surface area contributed by atoms with E-state index in [-0.39, 0.29) is 34.0 Å². The SMILES string of the molecule is CCOC(=O)c1cnc(NC(=O)C(C)(C)Oc2cc(OC(C)C)cc(C(N)=O)c2)s1. The van der Waals surface area contributed by atoms with Gasteiger partial charge in [0.05, 0.1) is 18.9 Å². The Kier molecular flexibility index (Phi) is 7.38. The molecule has 2 aromatic rings. The highest BCUT2D eigenvalue weighted by Gasteiger charge is 2.31. The summed E-state index contributed by atoms with van der Waals surface area (Å²) in [7, 11) is 0. The molecule has 0 radical (unpaired) electrons. The number of aromatic nitrogens is 1. The predicted molar refractivity (Wildman–Crippen MR) is 112 cm³/mol. The summed E-state index contributed by atoms with van der Waals surface area (Å²) < 4.78 is 16.4. The van der Waals surface area contributed by atoms with Crippen molar-refractivity contribution in [2.75, 3.05) is 11.9 Å². The average Bonchev–Trinajstić information content (AvgIpc) is 3.09. The van der Waals surface area contributed by atoms with Gasteiger partial charge in [-0.15, -0.1) is 0 Å². The van der Waals surface area contributed by atoms with Crippen molar-refractivity contribution in [2.24, 2.45) is 5.73 Å². The van der Waals surface area contributed by atoms with Crippen LogP contribution in [-0.2, 0) is 9.53 Å². The Morgan fingerprint density at radius 3 is 2.47 bits per heavy atom. The summed E-state index contributed by atoms with van der Waals surface area (Å²) in [6.45, 7) is 8.74. The number of benzene rings is 1. The van der Waals surface area contributed by atoms with E-state index in [1.807, 2.05) is 13.8 Å². The third-order valence-corrected chi connectivity index (χ3v) is 4.55. The number of primary amides is 1. The summed E-state index contributed by atoms with van der Waals surface area (Å²) >= 11 is 0.993. The first-order chi connectivity index (χ1) is 14.0. The van der Waals surface area contributed by atoms with E-state index in [1.165, 1.54) is 18.3 Å². The van der Waals surface area contributed by atoms with Gasteiger partial charge in [-0.2, -0.15) is 0 Å². The lowest BCUT2D eigenvalue weighted by Crippen LogP contribution is -2.42. The minimum absolute atomic E-state index is 0.129. The number of carbonyl (C=O) groups excluding carboxylic acids is 3. The van der Waals surface area contributed by atoms with Gasteiger partial charge >= 0.3 is 5.97 Å². The average molecular weight is 436 g/mol. The maximum absolute atomic E-state index is 12.7. The first kappa shape index (κ1) is 23.1. The quantitative estimate of drug-likeness (QED) is 0.579. The minimum Gasteiger partial charge on any atom is -0.491 e. The van der Waals surface area contributed by atoms with Gasteiger partial charge in [-0.25, -0.2) is 9.78 Å². The van der Waals surface area contributed by atoms with Crippen LogP contribution in [0.4, 0.5) is 5.13 Å². The van der Waals surface area contributed by atoms with E-state index in [0.29, 0.717) is 5.75 Å². The Labute approximate surface area is 178 Å². The molecule has 0 spiro atoms. The van der Waals surface area contributed by atoms with Gasteiger partial charge in [0.25, 0.3) is 5.91 Å². The Morgan fingerprint density at radius 2 is 1.87 bits per heavy atom. The Morgan fingerprint density at radius 1 is 1.20 bits per heavy atom. The standard InChI is InChI=1S/C20H25N3O6S/c1-6-27-17(25)15-10-22-19(30-15)23-18(26)20(4,5)29-14-8-12(16(21)24)7-13(9-14)28-11(2)3/h7-11H,6H2,1-5H3,(H2,21,24)(H,22,23,26). The van der Waals surface area contributed by atoms with Crippen molar-refractivity contribution in [1.82, 2.24) is 4.98 Å². The van der Waals surface area contributed by atoms with Gasteiger partial charge in [0.1, 0.15) is 16.4 Å². The number of rotatable bonds is 9. The highest BCUT2D eigenvalue weighted by molar-refractivity contribution is 7.17. The van der Waals surface area contributed by atoms with Gasteiger partial charge in [0.15, 0.2) is 10.7 Å². The fourth-order valence-corrected chi connectivity index (χ4v) is 3.04. The second kappa shape index (κ2) is 9.57. The van der Waals surface area contributed by atoms with Crippen LogP contribution >= 0.6 is 11.3 Å². The van der Waals surface area contributed by atoms with Gasteiger partial charge in [-0.1, -0.05) is 11.3 Å². The van der Waals surface area contributed by atoms with Crippen LogP contribution in [0.2, 0.25) is 0 Å². The third kappa shape index (κ3) is 6.18. The van der Waals surface area contributed by atoms with Crippen LogP contribution in [0.25, 0.3) is 0 Å². The maximum Gasteiger partial charge on any atom is 0.350 e. The van der Waals surface area contributed by atoms with E-state index in [9.17, 15) is 14.4 Å². The fourth-order valence-electron chi connectivity index (χ4n) is 2.33. The highest BCUT2D eigenvalue weighted by atomic mass is 32.1. The Hall–Kier alpha value is -3.14. The molecular weight excluding hydrogens is 410 g/mol. The van der Waals surface area contributed by atoms with Crippen LogP contribution in [0.1, 0.15) is 54.6 Å². The molecular formula is C20H25N3O6S. The number of ether oxygens (including phenoxy) is 3. The number of anilines is 1. The molecule has 0 bridgehead atoms. The molecule has 10 heteroatoms. The summed E-state index contributed by atoms with van der Waals surface area (Å²) in [4.78, 5) is 40.4. The molecule has 0 aliphatic carbocycles. The molecule has 0 unspecified atom stereocenters. The van der Waals surface area contributed by atoms with E-state index in [0.717, 1.165) is 11.3 Å². The van der Waals surface area contributed by atoms with Crippen molar-refractivity contribution in [3.63, 3.8) is 0 Å². The van der Waals surface area contributed by atoms with Crippen molar-refractivity contribution in [3.05, 3.63) is 34.8 Å². The first-order valence-electron chi connectivity index (χ1n) is 9.26. The molecule has 162 valence electrons. The maximum atomic E-state index is 12.7. The molecule has 9 nitrogen and oxygen atoms in total. The molecule has 0 saturated heterocycles. The van der Waals surface area contributed by atoms with E-state index < -0.39 is 23.4 Å². The van der Waals surface area contributed by atoms with Crippen molar-refractivity contribution in [2.45, 2.75) is 46.3 Å². The number of esters is 1. The molecule has 1 heterocycles. The number of carbonyl (C=O) groups is 3. The molecule has 3 N–H and O–H groups in total. The third-order valence-electron chi connectivity index (χ3n) is 3.66. The van der Waals surface area contributed by atoms with Crippen molar-refractivity contribution < 1.29 is 28.6 Å². The molecule has 0 saturated carbocycles. The number of thiazole rings is 1. The van der Waals surface area contributed by atoms with Gasteiger partial charge in [0, 0.05) is 11.6 Å². The van der Waals surface area contributed by atoms with E-state index in [2.05, 4.69) is 10.3 Å². The molecule has 2 rings (SSSR count). The van der Waals surface area contributed by atoms with Gasteiger partial charge < -0.3 is 19.9 Å². The predicted octanol–water partition coefficient (Wildman–Crippen LogP) is 3.00. The van der Waals surface area contributed by atoms with E-state index >= 15 is 0 Å². The van der Waals surface area contributed by atoms with Crippen molar-refractivity contribution >= 4 is 34.3 Å². The summed E-state index contributed by atoms with van der Waals surface area (Å²) in [6.07, 6.45) is 1.20. The second-order valence-electron chi connectivity index (χ2n) is 7.04. The second-order valence-corrected chi connectivity index (χ2v) is 8.07. The molecule has 0 aliphatic rings. The lowest BCUT2D eigenvalue weighted by atomic mass is 10.1. The largest absolute Gasteiger partial charge is 0.491 e. The van der Waals surface area contributed by atoms with Gasteiger partial charge in [-0.05, 0) is 46.8 Å². The van der Waals surface area contributed by atoms with Crippen molar-refractivity contribution in [1.29, 1.82) is 0 Å². The zero-order valence-corrected chi connectivity index (χ0v) is 18.3. The molecule has 0 fully saturated rings. The van der Waals surface area contributed by atoms with Crippen LogP contribution in [0, 0.1) is 0 Å². The molecule has 2 amide bonds. The van der Waals surface area contributed by atoms with Crippen LogP contribution in [0.3, 0.4) is 0 Å². The summed E-state index contributed by atoms with van der Waals surface area (Å²) in [5.41, 5.74) is 4.24. The molecule has 1 aromatic heterocycles. The van der Waals surface area contributed by atoms with Gasteiger partial charge in [-0.3, -0.25) is 14.9 Å².